The van der Waals surface area contributed by atoms with Crippen molar-refractivity contribution in [2.45, 2.75) is 6.92 Å². The number of benzene rings is 2. The largest absolute Gasteiger partial charge is 0.502 e. The topological polar surface area (TPSA) is 114 Å². The van der Waals surface area contributed by atoms with E-state index in [1.807, 2.05) is 19.1 Å². The first-order valence-corrected chi connectivity index (χ1v) is 6.94. The molecule has 0 unspecified atom stereocenters. The molecule has 24 heavy (non-hydrogen) atoms. The van der Waals surface area contributed by atoms with E-state index in [0.717, 1.165) is 11.6 Å². The minimum atomic E-state index is -0.694. The Bertz CT molecular complexity index is 789. The molecule has 0 bridgehead atoms. The highest BCUT2D eigenvalue weighted by molar-refractivity contribution is 5.83. The van der Waals surface area contributed by atoms with Gasteiger partial charge < -0.3 is 9.84 Å². The molecule has 1 amide bonds. The van der Waals surface area contributed by atoms with Gasteiger partial charge in [-0.05, 0) is 42.3 Å². The Morgan fingerprint density at radius 1 is 1.38 bits per heavy atom. The lowest BCUT2D eigenvalue weighted by molar-refractivity contribution is -0.385. The smallest absolute Gasteiger partial charge is 0.310 e. The fourth-order valence-electron chi connectivity index (χ4n) is 1.84. The minimum absolute atomic E-state index is 0.202. The van der Waals surface area contributed by atoms with E-state index in [4.69, 9.17) is 4.74 Å². The van der Waals surface area contributed by atoms with Crippen molar-refractivity contribution in [2.24, 2.45) is 5.10 Å². The van der Waals surface area contributed by atoms with Crippen LogP contribution in [0.15, 0.2) is 47.6 Å². The first kappa shape index (κ1) is 16.9. The molecule has 2 aromatic rings. The van der Waals surface area contributed by atoms with E-state index in [2.05, 4.69) is 10.5 Å². The van der Waals surface area contributed by atoms with Crippen LogP contribution < -0.4 is 10.2 Å². The van der Waals surface area contributed by atoms with E-state index >= 15 is 0 Å². The summed E-state index contributed by atoms with van der Waals surface area (Å²) in [5, 5.41) is 23.8. The van der Waals surface area contributed by atoms with Crippen LogP contribution in [0.4, 0.5) is 5.69 Å². The number of hydrogen-bond donors (Lipinski definition) is 2. The highest BCUT2D eigenvalue weighted by atomic mass is 16.6. The van der Waals surface area contributed by atoms with E-state index in [1.165, 1.54) is 18.3 Å². The van der Waals surface area contributed by atoms with Gasteiger partial charge >= 0.3 is 5.69 Å². The zero-order valence-corrected chi connectivity index (χ0v) is 12.8. The maximum absolute atomic E-state index is 11.6. The molecule has 124 valence electrons. The summed E-state index contributed by atoms with van der Waals surface area (Å²) in [7, 11) is 0. The van der Waals surface area contributed by atoms with E-state index in [0.29, 0.717) is 11.3 Å². The lowest BCUT2D eigenvalue weighted by Crippen LogP contribution is -2.24. The van der Waals surface area contributed by atoms with Gasteiger partial charge in [0.1, 0.15) is 5.75 Å². The van der Waals surface area contributed by atoms with Gasteiger partial charge in [0, 0.05) is 6.07 Å². The van der Waals surface area contributed by atoms with Gasteiger partial charge in [-0.3, -0.25) is 14.9 Å². The van der Waals surface area contributed by atoms with Crippen LogP contribution in [-0.2, 0) is 4.79 Å². The third-order valence-corrected chi connectivity index (χ3v) is 2.96. The van der Waals surface area contributed by atoms with Crippen molar-refractivity contribution >= 4 is 17.8 Å². The number of rotatable bonds is 6. The summed E-state index contributed by atoms with van der Waals surface area (Å²) in [6.45, 7) is 1.71. The molecule has 2 N–H and O–H groups in total. The van der Waals surface area contributed by atoms with Crippen LogP contribution in [0, 0.1) is 17.0 Å². The average Bonchev–Trinajstić information content (AvgIpc) is 2.53. The second-order valence-corrected chi connectivity index (χ2v) is 4.90. The number of nitro benzene ring substituents is 1. The summed E-state index contributed by atoms with van der Waals surface area (Å²) in [5.74, 6) is -0.355. The second-order valence-electron chi connectivity index (χ2n) is 4.90. The van der Waals surface area contributed by atoms with Crippen molar-refractivity contribution in [3.05, 3.63) is 63.7 Å². The Morgan fingerprint density at radius 2 is 2.17 bits per heavy atom. The van der Waals surface area contributed by atoms with Crippen molar-refractivity contribution in [3.63, 3.8) is 0 Å². The predicted octanol–water partition coefficient (Wildman–Crippen LogP) is 2.14. The van der Waals surface area contributed by atoms with E-state index < -0.39 is 22.3 Å². The number of amides is 1. The van der Waals surface area contributed by atoms with Crippen molar-refractivity contribution in [2.75, 3.05) is 6.61 Å². The van der Waals surface area contributed by atoms with Crippen LogP contribution in [0.25, 0.3) is 0 Å². The van der Waals surface area contributed by atoms with Crippen LogP contribution in [0.2, 0.25) is 0 Å². The summed E-state index contributed by atoms with van der Waals surface area (Å²) >= 11 is 0. The highest BCUT2D eigenvalue weighted by Gasteiger charge is 2.12. The minimum Gasteiger partial charge on any atom is -0.502 e. The number of nitrogens with zero attached hydrogens (tertiary/aromatic N) is 2. The summed E-state index contributed by atoms with van der Waals surface area (Å²) in [5.41, 5.74) is 3.28. The number of aryl methyl sites for hydroxylation is 1. The molecule has 0 heterocycles. The zero-order valence-electron chi connectivity index (χ0n) is 12.8. The molecular formula is C16H15N3O5. The van der Waals surface area contributed by atoms with Gasteiger partial charge in [-0.2, -0.15) is 5.10 Å². The Hall–Kier alpha value is -3.42. The summed E-state index contributed by atoms with van der Waals surface area (Å²) in [6, 6.07) is 11.0. The van der Waals surface area contributed by atoms with E-state index in [1.54, 1.807) is 12.1 Å². The van der Waals surface area contributed by atoms with Gasteiger partial charge in [-0.25, -0.2) is 5.43 Å². The zero-order chi connectivity index (χ0) is 17.5. The molecule has 2 rings (SSSR count). The first-order valence-electron chi connectivity index (χ1n) is 6.94. The molecule has 0 saturated carbocycles. The number of nitrogens with one attached hydrogen (secondary N) is 1. The van der Waals surface area contributed by atoms with Crippen molar-refractivity contribution < 1.29 is 19.6 Å². The summed E-state index contributed by atoms with van der Waals surface area (Å²) in [6.07, 6.45) is 1.26. The Morgan fingerprint density at radius 3 is 2.83 bits per heavy atom. The molecule has 2 aromatic carbocycles. The number of nitro groups is 1. The Kier molecular flexibility index (Phi) is 5.45. The maximum Gasteiger partial charge on any atom is 0.310 e. The molecule has 0 aromatic heterocycles. The van der Waals surface area contributed by atoms with Crippen LogP contribution >= 0.6 is 0 Å². The second kappa shape index (κ2) is 7.73. The third-order valence-electron chi connectivity index (χ3n) is 2.96. The van der Waals surface area contributed by atoms with Gasteiger partial charge in [-0.15, -0.1) is 0 Å². The summed E-state index contributed by atoms with van der Waals surface area (Å²) in [4.78, 5) is 21.5. The normalized spacial score (nSPS) is 10.5. The molecule has 0 spiro atoms. The number of aromatic hydroxyl groups is 1. The monoisotopic (exact) mass is 329 g/mol. The van der Waals surface area contributed by atoms with Gasteiger partial charge in [-0.1, -0.05) is 12.1 Å². The van der Waals surface area contributed by atoms with Gasteiger partial charge in [0.15, 0.2) is 12.4 Å². The number of carbonyl (C=O) groups is 1. The van der Waals surface area contributed by atoms with Gasteiger partial charge in [0.2, 0.25) is 0 Å². The average molecular weight is 329 g/mol. The number of hydrazone groups is 1. The molecule has 8 heteroatoms. The molecule has 0 aliphatic heterocycles. The van der Waals surface area contributed by atoms with Crippen molar-refractivity contribution in [1.82, 2.24) is 5.43 Å². The van der Waals surface area contributed by atoms with Crippen LogP contribution in [-0.4, -0.2) is 28.8 Å². The van der Waals surface area contributed by atoms with Crippen molar-refractivity contribution in [3.8, 4) is 11.5 Å². The van der Waals surface area contributed by atoms with Crippen LogP contribution in [0.1, 0.15) is 11.1 Å². The van der Waals surface area contributed by atoms with Gasteiger partial charge in [0.05, 0.1) is 11.1 Å². The molecule has 0 radical (unpaired) electrons. The van der Waals surface area contributed by atoms with Crippen LogP contribution in [0.3, 0.4) is 0 Å². The number of phenolic OH excluding ortho intramolecular Hbond substituents is 1. The lowest BCUT2D eigenvalue weighted by Gasteiger charge is -2.05. The maximum atomic E-state index is 11.6. The van der Waals surface area contributed by atoms with E-state index in [9.17, 15) is 20.0 Å². The predicted molar refractivity (Wildman–Crippen MR) is 87.2 cm³/mol. The number of carbonyl (C=O) groups excluding carboxylic acids is 1. The fourth-order valence-corrected chi connectivity index (χ4v) is 1.84. The van der Waals surface area contributed by atoms with Crippen LogP contribution in [0.5, 0.6) is 11.5 Å². The van der Waals surface area contributed by atoms with E-state index in [-0.39, 0.29) is 6.61 Å². The SMILES string of the molecule is Cc1cccc(OCC(=O)N/N=C\c2ccc([N+](=O)[O-])c(O)c2)c1. The molecule has 0 aliphatic carbocycles. The molecule has 8 nitrogen and oxygen atoms in total. The standard InChI is InChI=1S/C16H15N3O5/c1-11-3-2-4-13(7-11)24-10-16(21)18-17-9-12-5-6-14(19(22)23)15(20)8-12/h2-9,20H,10H2,1H3,(H,18,21)/b17-9-. The number of phenols is 1. The molecule has 0 aliphatic rings. The summed E-state index contributed by atoms with van der Waals surface area (Å²) < 4.78 is 5.31. The highest BCUT2D eigenvalue weighted by Crippen LogP contribution is 2.25. The third kappa shape index (κ3) is 4.80. The molecular weight excluding hydrogens is 314 g/mol. The molecule has 0 atom stereocenters. The fraction of sp³-hybridized carbons (Fsp3) is 0.125. The Balaban J connectivity index is 1.86. The lowest BCUT2D eigenvalue weighted by atomic mass is 10.2. The Labute approximate surface area is 137 Å². The number of ether oxygens (including phenoxy) is 1. The van der Waals surface area contributed by atoms with Gasteiger partial charge in [0.25, 0.3) is 5.91 Å². The first-order chi connectivity index (χ1) is 11.5. The quantitative estimate of drug-likeness (QED) is 0.479. The number of hydrogen-bond acceptors (Lipinski definition) is 6. The molecule has 0 saturated heterocycles. The molecule has 0 fully saturated rings. The van der Waals surface area contributed by atoms with Crippen molar-refractivity contribution in [1.29, 1.82) is 0 Å².